The van der Waals surface area contributed by atoms with Crippen molar-refractivity contribution in [3.63, 3.8) is 0 Å². The van der Waals surface area contributed by atoms with Gasteiger partial charge in [0.25, 0.3) is 0 Å². The second kappa shape index (κ2) is 12.7. The highest BCUT2D eigenvalue weighted by molar-refractivity contribution is 6.74. The van der Waals surface area contributed by atoms with E-state index in [9.17, 15) is 14.4 Å². The van der Waals surface area contributed by atoms with Gasteiger partial charge < -0.3 is 18.6 Å². The van der Waals surface area contributed by atoms with Crippen LogP contribution < -0.4 is 0 Å². The van der Waals surface area contributed by atoms with Gasteiger partial charge in [0, 0.05) is 12.5 Å². The summed E-state index contributed by atoms with van der Waals surface area (Å²) in [5.74, 6) is -1.77. The Balaban J connectivity index is 1.90. The van der Waals surface area contributed by atoms with E-state index >= 15 is 0 Å². The normalized spacial score (nSPS) is 23.8. The lowest BCUT2D eigenvalue weighted by molar-refractivity contribution is -0.175. The summed E-state index contributed by atoms with van der Waals surface area (Å²) in [6.07, 6.45) is 1.35. The molecule has 2 aromatic carbocycles. The molecule has 0 unspecified atom stereocenters. The molecule has 43 heavy (non-hydrogen) atoms. The summed E-state index contributed by atoms with van der Waals surface area (Å²) in [5, 5.41) is -0.0159. The molecule has 0 N–H and O–H groups in total. The largest absolute Gasteiger partial charge is 0.468 e. The maximum atomic E-state index is 14.0. The maximum Gasteiger partial charge on any atom is 0.411 e. The lowest BCUT2D eigenvalue weighted by Crippen LogP contribution is -2.61. The average Bonchev–Trinajstić information content (AvgIpc) is 3.35. The quantitative estimate of drug-likeness (QED) is 0.0997. The van der Waals surface area contributed by atoms with E-state index < -0.39 is 50.0 Å². The van der Waals surface area contributed by atoms with E-state index in [-0.39, 0.29) is 17.4 Å². The van der Waals surface area contributed by atoms with Crippen molar-refractivity contribution in [3.05, 3.63) is 83.4 Å². The van der Waals surface area contributed by atoms with Gasteiger partial charge >= 0.3 is 18.0 Å². The van der Waals surface area contributed by atoms with Crippen LogP contribution in [-0.2, 0) is 28.2 Å². The molecule has 1 aliphatic carbocycles. The van der Waals surface area contributed by atoms with Gasteiger partial charge in [-0.25, -0.2) is 4.79 Å². The molecule has 0 saturated carbocycles. The number of rotatable bonds is 9. The Morgan fingerprint density at radius 3 is 1.98 bits per heavy atom. The molecule has 4 rings (SSSR count). The Labute approximate surface area is 256 Å². The molecular formula is C34H45NO7Si. The van der Waals surface area contributed by atoms with Crippen LogP contribution in [0, 0.1) is 11.3 Å². The van der Waals surface area contributed by atoms with Crippen LogP contribution in [0.4, 0.5) is 4.79 Å². The Morgan fingerprint density at radius 2 is 1.49 bits per heavy atom. The van der Waals surface area contributed by atoms with Gasteiger partial charge in [-0.05, 0) is 47.7 Å². The first kappa shape index (κ1) is 32.5. The number of nitrogens with zero attached hydrogens (tertiary/aromatic N) is 1. The highest BCUT2D eigenvalue weighted by atomic mass is 28.4. The zero-order valence-electron chi connectivity index (χ0n) is 26.6. The molecule has 0 bridgehead atoms. The summed E-state index contributed by atoms with van der Waals surface area (Å²) in [6.45, 7) is 13.1. The van der Waals surface area contributed by atoms with Crippen LogP contribution in [0.1, 0.15) is 63.8 Å². The van der Waals surface area contributed by atoms with Crippen molar-refractivity contribution >= 4 is 26.3 Å². The molecule has 1 saturated heterocycles. The molecule has 1 heterocycles. The second-order valence-electron chi connectivity index (χ2n) is 13.0. The number of cyclic esters (lactones) is 1. The number of benzene rings is 2. The van der Waals surface area contributed by atoms with Crippen molar-refractivity contribution in [2.75, 3.05) is 20.8 Å². The Hall–Kier alpha value is -3.43. The fourth-order valence-electron chi connectivity index (χ4n) is 6.14. The Kier molecular flexibility index (Phi) is 9.56. The number of hydrogen-bond donors (Lipinski definition) is 0. The molecule has 2 aromatic rings. The number of esters is 2. The van der Waals surface area contributed by atoms with Crippen molar-refractivity contribution < 1.29 is 33.0 Å². The van der Waals surface area contributed by atoms with E-state index in [1.165, 1.54) is 14.2 Å². The molecule has 2 aliphatic rings. The van der Waals surface area contributed by atoms with Gasteiger partial charge in [-0.1, -0.05) is 94.4 Å². The Bertz CT molecular complexity index is 1320. The van der Waals surface area contributed by atoms with E-state index in [0.717, 1.165) is 16.7 Å². The average molecular weight is 608 g/mol. The molecular weight excluding hydrogens is 562 g/mol. The molecule has 0 radical (unpaired) electrons. The molecule has 1 fully saturated rings. The van der Waals surface area contributed by atoms with Crippen LogP contribution in [0.2, 0.25) is 18.1 Å². The number of carbonyl (C=O) groups is 3. The zero-order valence-corrected chi connectivity index (χ0v) is 27.6. The summed E-state index contributed by atoms with van der Waals surface area (Å²) in [6, 6.07) is 17.5. The first-order valence-corrected chi connectivity index (χ1v) is 17.8. The van der Waals surface area contributed by atoms with Gasteiger partial charge in [-0.2, -0.15) is 0 Å². The maximum absolute atomic E-state index is 14.0. The van der Waals surface area contributed by atoms with Gasteiger partial charge in [-0.15, -0.1) is 0 Å². The summed E-state index contributed by atoms with van der Waals surface area (Å²) >= 11 is 0. The first-order valence-electron chi connectivity index (χ1n) is 14.9. The van der Waals surface area contributed by atoms with Crippen molar-refractivity contribution in [2.45, 2.75) is 76.9 Å². The van der Waals surface area contributed by atoms with Gasteiger partial charge in [0.1, 0.15) is 6.04 Å². The van der Waals surface area contributed by atoms with Gasteiger partial charge in [-0.3, -0.25) is 14.5 Å². The molecule has 8 nitrogen and oxygen atoms in total. The first-order chi connectivity index (χ1) is 20.3. The number of carbonyl (C=O) groups excluding carboxylic acids is 3. The van der Waals surface area contributed by atoms with Crippen LogP contribution in [0.3, 0.4) is 0 Å². The minimum absolute atomic E-state index is 0.0159. The Morgan fingerprint density at radius 1 is 0.953 bits per heavy atom. The van der Waals surface area contributed by atoms with E-state index in [0.29, 0.717) is 13.0 Å². The van der Waals surface area contributed by atoms with Crippen LogP contribution in [-0.4, -0.2) is 58.1 Å². The lowest BCUT2D eigenvalue weighted by Gasteiger charge is -2.47. The summed E-state index contributed by atoms with van der Waals surface area (Å²) in [4.78, 5) is 43.5. The van der Waals surface area contributed by atoms with E-state index in [1.54, 1.807) is 4.90 Å². The number of hydrogen-bond acceptors (Lipinski definition) is 7. The van der Waals surface area contributed by atoms with Gasteiger partial charge in [0.2, 0.25) is 0 Å². The predicted octanol–water partition coefficient (Wildman–Crippen LogP) is 7.00. The van der Waals surface area contributed by atoms with Crippen molar-refractivity contribution in [1.82, 2.24) is 4.90 Å². The predicted molar refractivity (Wildman–Crippen MR) is 167 cm³/mol. The lowest BCUT2D eigenvalue weighted by atomic mass is 9.65. The summed E-state index contributed by atoms with van der Waals surface area (Å²) in [5.41, 5.74) is 0.567. The highest BCUT2D eigenvalue weighted by Crippen LogP contribution is 2.53. The topological polar surface area (TPSA) is 91.4 Å². The van der Waals surface area contributed by atoms with Gasteiger partial charge in [0.15, 0.2) is 19.8 Å². The molecule has 232 valence electrons. The molecule has 0 aromatic heterocycles. The fraction of sp³-hybridized carbons (Fsp3) is 0.500. The zero-order chi connectivity index (χ0) is 31.6. The van der Waals surface area contributed by atoms with Crippen molar-refractivity contribution in [1.29, 1.82) is 0 Å². The third-order valence-corrected chi connectivity index (χ3v) is 13.9. The van der Waals surface area contributed by atoms with Crippen LogP contribution in [0.15, 0.2) is 72.3 Å². The smallest absolute Gasteiger partial charge is 0.411 e. The number of methoxy groups -OCH3 is 2. The molecule has 9 heteroatoms. The van der Waals surface area contributed by atoms with E-state index in [2.05, 4.69) is 39.9 Å². The van der Waals surface area contributed by atoms with Crippen LogP contribution in [0.25, 0.3) is 0 Å². The van der Waals surface area contributed by atoms with Crippen LogP contribution in [0.5, 0.6) is 0 Å². The minimum atomic E-state index is -2.14. The van der Waals surface area contributed by atoms with Crippen molar-refractivity contribution in [2.24, 2.45) is 11.3 Å². The second-order valence-corrected chi connectivity index (χ2v) is 17.8. The molecule has 4 atom stereocenters. The van der Waals surface area contributed by atoms with Crippen LogP contribution >= 0.6 is 0 Å². The summed E-state index contributed by atoms with van der Waals surface area (Å²) in [7, 11) is 0.386. The van der Waals surface area contributed by atoms with E-state index in [1.807, 2.05) is 67.6 Å². The monoisotopic (exact) mass is 607 g/mol. The molecule has 0 spiro atoms. The fourth-order valence-corrected chi connectivity index (χ4v) is 7.20. The molecule has 1 amide bonds. The van der Waals surface area contributed by atoms with E-state index in [4.69, 9.17) is 18.6 Å². The minimum Gasteiger partial charge on any atom is -0.468 e. The number of ether oxygens (including phenoxy) is 3. The highest BCUT2D eigenvalue weighted by Gasteiger charge is 2.64. The van der Waals surface area contributed by atoms with Crippen molar-refractivity contribution in [3.8, 4) is 0 Å². The summed E-state index contributed by atoms with van der Waals surface area (Å²) < 4.78 is 23.4. The van der Waals surface area contributed by atoms with Gasteiger partial charge in [0.05, 0.1) is 20.3 Å². The third kappa shape index (κ3) is 6.02. The number of amides is 1. The molecule has 1 aliphatic heterocycles. The SMILES string of the molecule is CCC1=C[C@@H](CO[Si](C)(C)C(C)(C)C)CC(C(=O)OC)(C(=O)OC)[C@H]1N1C(=O)O[C@H](c2ccccc2)[C@@H]1c1ccccc1. The third-order valence-electron chi connectivity index (χ3n) is 9.40. The standard InChI is InChI=1S/C34H45NO7Si/c1-9-24-20-23(22-41-43(7,8)33(2,3)4)21-34(30(36)39-5,31(37)40-6)29(24)35-27(25-16-12-10-13-17-25)28(42-32(35)38)26-18-14-11-15-19-26/h10-20,23,27-29H,9,21-22H2,1-8H3/t23-,27+,28-,29+/m1/s1.